The Hall–Kier alpha value is -1.79. The molecule has 0 atom stereocenters. The Balaban J connectivity index is 1.92. The zero-order valence-corrected chi connectivity index (χ0v) is 12.8. The largest absolute Gasteiger partial charge is 0.495 e. The van der Waals surface area contributed by atoms with E-state index in [4.69, 9.17) is 16.3 Å². The van der Waals surface area contributed by atoms with Crippen LogP contribution in [0.3, 0.4) is 0 Å². The molecule has 3 rings (SSSR count). The number of halogens is 2. The highest BCUT2D eigenvalue weighted by atomic mass is 79.9. The van der Waals surface area contributed by atoms with Crippen LogP contribution in [-0.2, 0) is 0 Å². The van der Waals surface area contributed by atoms with E-state index < -0.39 is 0 Å². The van der Waals surface area contributed by atoms with E-state index in [0.29, 0.717) is 16.6 Å². The van der Waals surface area contributed by atoms with Gasteiger partial charge in [-0.15, -0.1) is 0 Å². The van der Waals surface area contributed by atoms with Crippen molar-refractivity contribution in [3.05, 3.63) is 46.2 Å². The number of anilines is 2. The molecular weight excluding hydrogens is 344 g/mol. The minimum Gasteiger partial charge on any atom is -0.495 e. The number of nitrogens with one attached hydrogen (secondary N) is 1. The van der Waals surface area contributed by atoms with Crippen molar-refractivity contribution in [3.63, 3.8) is 0 Å². The highest BCUT2D eigenvalue weighted by Gasteiger charge is 2.06. The van der Waals surface area contributed by atoms with Gasteiger partial charge in [0.25, 0.3) is 0 Å². The van der Waals surface area contributed by atoms with Crippen LogP contribution in [0, 0.1) is 0 Å². The van der Waals surface area contributed by atoms with Gasteiger partial charge in [-0.2, -0.15) is 5.10 Å². The third kappa shape index (κ3) is 2.44. The van der Waals surface area contributed by atoms with Gasteiger partial charge in [-0.05, 0) is 40.2 Å². The number of methoxy groups -OCH3 is 1. The van der Waals surface area contributed by atoms with Crippen LogP contribution >= 0.6 is 27.5 Å². The fourth-order valence-corrected chi connectivity index (χ4v) is 2.42. The lowest BCUT2D eigenvalue weighted by molar-refractivity contribution is 0.415. The molecule has 0 saturated carbocycles. The molecule has 0 aliphatic carbocycles. The molecule has 2 aromatic heterocycles. The van der Waals surface area contributed by atoms with Gasteiger partial charge in [0.15, 0.2) is 5.65 Å². The average molecular weight is 354 g/mol. The third-order valence-corrected chi connectivity index (χ3v) is 3.61. The summed E-state index contributed by atoms with van der Waals surface area (Å²) in [4.78, 5) is 4.47. The third-order valence-electron chi connectivity index (χ3n) is 2.75. The first-order valence-corrected chi connectivity index (χ1v) is 6.95. The number of fused-ring (bicyclic) bond motifs is 1. The monoisotopic (exact) mass is 352 g/mol. The molecule has 2 heterocycles. The van der Waals surface area contributed by atoms with Gasteiger partial charge in [-0.25, -0.2) is 9.50 Å². The van der Waals surface area contributed by atoms with Crippen molar-refractivity contribution in [1.29, 1.82) is 0 Å². The predicted molar refractivity (Wildman–Crippen MR) is 82.0 cm³/mol. The molecule has 1 N–H and O–H groups in total. The van der Waals surface area contributed by atoms with Crippen LogP contribution in [0.1, 0.15) is 0 Å². The average Bonchev–Trinajstić information content (AvgIpc) is 2.81. The van der Waals surface area contributed by atoms with E-state index in [0.717, 1.165) is 15.8 Å². The minimum atomic E-state index is 0.545. The van der Waals surface area contributed by atoms with Crippen molar-refractivity contribution < 1.29 is 4.74 Å². The summed E-state index contributed by atoms with van der Waals surface area (Å²) < 4.78 is 7.65. The van der Waals surface area contributed by atoms with Gasteiger partial charge >= 0.3 is 0 Å². The molecule has 0 spiro atoms. The maximum absolute atomic E-state index is 6.09. The van der Waals surface area contributed by atoms with E-state index in [2.05, 4.69) is 31.3 Å². The number of ether oxygens (including phenoxy) is 1. The maximum atomic E-state index is 6.09. The summed E-state index contributed by atoms with van der Waals surface area (Å²) in [7, 11) is 1.58. The molecule has 0 aliphatic rings. The summed E-state index contributed by atoms with van der Waals surface area (Å²) in [6.45, 7) is 0. The SMILES string of the molecule is COc1ccc(Nc2ccn3ncc(Br)c3n2)cc1Cl. The second-order valence-electron chi connectivity index (χ2n) is 4.05. The number of rotatable bonds is 3. The predicted octanol–water partition coefficient (Wildman–Crippen LogP) is 3.90. The van der Waals surface area contributed by atoms with Gasteiger partial charge in [0.1, 0.15) is 11.6 Å². The number of aromatic nitrogens is 3. The second kappa shape index (κ2) is 5.30. The van der Waals surface area contributed by atoms with Gasteiger partial charge in [0.2, 0.25) is 0 Å². The van der Waals surface area contributed by atoms with Crippen molar-refractivity contribution in [3.8, 4) is 5.75 Å². The van der Waals surface area contributed by atoms with Crippen LogP contribution in [0.2, 0.25) is 5.02 Å². The number of hydrogen-bond acceptors (Lipinski definition) is 4. The molecule has 0 radical (unpaired) electrons. The molecule has 5 nitrogen and oxygen atoms in total. The summed E-state index contributed by atoms with van der Waals surface area (Å²) in [6.07, 6.45) is 3.54. The molecule has 7 heteroatoms. The van der Waals surface area contributed by atoms with E-state index in [1.54, 1.807) is 30.0 Å². The topological polar surface area (TPSA) is 51.5 Å². The molecule has 0 aliphatic heterocycles. The molecular formula is C13H10BrClN4O. The van der Waals surface area contributed by atoms with E-state index in [1.807, 2.05) is 18.3 Å². The lowest BCUT2D eigenvalue weighted by atomic mass is 10.3. The number of hydrogen-bond donors (Lipinski definition) is 1. The first kappa shape index (κ1) is 13.2. The Kier molecular flexibility index (Phi) is 3.50. The fourth-order valence-electron chi connectivity index (χ4n) is 1.80. The Bertz CT molecular complexity index is 774. The van der Waals surface area contributed by atoms with Gasteiger partial charge in [-0.1, -0.05) is 11.6 Å². The van der Waals surface area contributed by atoms with Gasteiger partial charge < -0.3 is 10.1 Å². The summed E-state index contributed by atoms with van der Waals surface area (Å²) in [5.41, 5.74) is 1.58. The van der Waals surface area contributed by atoms with Crippen LogP contribution in [0.15, 0.2) is 41.1 Å². The van der Waals surface area contributed by atoms with Crippen LogP contribution in [0.5, 0.6) is 5.75 Å². The van der Waals surface area contributed by atoms with Crippen molar-refractivity contribution in [1.82, 2.24) is 14.6 Å². The van der Waals surface area contributed by atoms with Crippen LogP contribution in [0.25, 0.3) is 5.65 Å². The van der Waals surface area contributed by atoms with Crippen molar-refractivity contribution >= 4 is 44.7 Å². The van der Waals surface area contributed by atoms with Gasteiger partial charge in [0.05, 0.1) is 22.8 Å². The maximum Gasteiger partial charge on any atom is 0.171 e. The minimum absolute atomic E-state index is 0.545. The normalized spacial score (nSPS) is 10.8. The van der Waals surface area contributed by atoms with Crippen molar-refractivity contribution in [2.45, 2.75) is 0 Å². The Morgan fingerprint density at radius 3 is 2.95 bits per heavy atom. The Labute approximate surface area is 128 Å². The first-order chi connectivity index (χ1) is 9.67. The standard InChI is InChI=1S/C13H10BrClN4O/c1-20-11-3-2-8(6-10(11)15)17-12-4-5-19-13(18-12)9(14)7-16-19/h2-7H,1H3,(H,17,18). The smallest absolute Gasteiger partial charge is 0.171 e. The van der Waals surface area contributed by atoms with Crippen LogP contribution in [-0.4, -0.2) is 21.7 Å². The molecule has 0 bridgehead atoms. The highest BCUT2D eigenvalue weighted by Crippen LogP contribution is 2.28. The van der Waals surface area contributed by atoms with Gasteiger partial charge in [0, 0.05) is 11.9 Å². The number of benzene rings is 1. The Morgan fingerprint density at radius 2 is 2.20 bits per heavy atom. The molecule has 3 aromatic rings. The summed E-state index contributed by atoms with van der Waals surface area (Å²) in [5.74, 6) is 1.35. The van der Waals surface area contributed by atoms with E-state index >= 15 is 0 Å². The zero-order valence-electron chi connectivity index (χ0n) is 10.5. The van der Waals surface area contributed by atoms with Crippen LogP contribution < -0.4 is 10.1 Å². The molecule has 0 amide bonds. The molecule has 0 fully saturated rings. The molecule has 0 unspecified atom stereocenters. The van der Waals surface area contributed by atoms with Gasteiger partial charge in [-0.3, -0.25) is 0 Å². The van der Waals surface area contributed by atoms with E-state index in [9.17, 15) is 0 Å². The van der Waals surface area contributed by atoms with E-state index in [-0.39, 0.29) is 0 Å². The fraction of sp³-hybridized carbons (Fsp3) is 0.0769. The van der Waals surface area contributed by atoms with E-state index in [1.165, 1.54) is 0 Å². The molecule has 20 heavy (non-hydrogen) atoms. The summed E-state index contributed by atoms with van der Waals surface area (Å²) in [6, 6.07) is 7.31. The van der Waals surface area contributed by atoms with Crippen LogP contribution in [0.4, 0.5) is 11.5 Å². The highest BCUT2D eigenvalue weighted by molar-refractivity contribution is 9.10. The summed E-state index contributed by atoms with van der Waals surface area (Å²) in [5, 5.41) is 7.88. The molecule has 0 saturated heterocycles. The summed E-state index contributed by atoms with van der Waals surface area (Å²) >= 11 is 9.50. The lowest BCUT2D eigenvalue weighted by Gasteiger charge is -2.08. The Morgan fingerprint density at radius 1 is 1.35 bits per heavy atom. The molecule has 1 aromatic carbocycles. The lowest BCUT2D eigenvalue weighted by Crippen LogP contribution is -1.97. The molecule has 102 valence electrons. The zero-order chi connectivity index (χ0) is 14.1. The number of nitrogens with zero attached hydrogens (tertiary/aromatic N) is 3. The van der Waals surface area contributed by atoms with Crippen molar-refractivity contribution in [2.75, 3.05) is 12.4 Å². The van der Waals surface area contributed by atoms with Crippen molar-refractivity contribution in [2.24, 2.45) is 0 Å². The second-order valence-corrected chi connectivity index (χ2v) is 5.31. The quantitative estimate of drug-likeness (QED) is 0.776. The first-order valence-electron chi connectivity index (χ1n) is 5.78.